The maximum atomic E-state index is 8.13. The highest BCUT2D eigenvalue weighted by atomic mass is 29.5. The van der Waals surface area contributed by atoms with Gasteiger partial charge in [0.05, 0.1) is 0 Å². The lowest BCUT2D eigenvalue weighted by Crippen LogP contribution is -2.02. The van der Waals surface area contributed by atoms with Gasteiger partial charge in [-0.05, 0) is 0 Å². The maximum Gasteiger partial charge on any atom is 0.0434 e. The lowest BCUT2D eigenvalue weighted by molar-refractivity contribution is 0.592. The first-order valence-corrected chi connectivity index (χ1v) is 10.1. The van der Waals surface area contributed by atoms with Crippen LogP contribution in [0.15, 0.2) is 0 Å². The molecule has 0 aromatic rings. The molecule has 0 aliphatic heterocycles. The summed E-state index contributed by atoms with van der Waals surface area (Å²) in [4.78, 5) is 0. The van der Waals surface area contributed by atoms with Crippen molar-refractivity contribution in [3.63, 3.8) is 0 Å². The highest BCUT2D eigenvalue weighted by Crippen LogP contribution is 1.32. The van der Waals surface area contributed by atoms with Gasteiger partial charge in [0.2, 0.25) is 0 Å². The average molecular weight is 120 g/mol. The molecule has 0 aliphatic rings. The average Bonchev–Trinajstić information content (AvgIpc) is 1.38. The van der Waals surface area contributed by atoms with Gasteiger partial charge in [-0.2, -0.15) is 0 Å². The van der Waals surface area contributed by atoms with Crippen LogP contribution in [0.25, 0.3) is 0 Å². The highest BCUT2D eigenvalue weighted by Gasteiger charge is 1.66. The Labute approximate surface area is 38.7 Å². The molecule has 0 rings (SSSR count). The zero-order chi connectivity index (χ0) is 4.28. The maximum absolute atomic E-state index is 8.13. The second-order valence-corrected chi connectivity index (χ2v) is 19.1. The second-order valence-electron chi connectivity index (χ2n) is 1.21. The highest BCUT2D eigenvalue weighted by molar-refractivity contribution is 7.29. The fourth-order valence-corrected chi connectivity index (χ4v) is 0. The lowest BCUT2D eigenvalue weighted by Gasteiger charge is -1.70. The minimum absolute atomic E-state index is 0.166. The fourth-order valence-electron chi connectivity index (χ4n) is 0. The van der Waals surface area contributed by atoms with Gasteiger partial charge in [0.15, 0.2) is 0 Å². The van der Waals surface area contributed by atoms with Crippen molar-refractivity contribution in [2.45, 2.75) is 0 Å². The van der Waals surface area contributed by atoms with Crippen LogP contribution in [0.4, 0.5) is 0 Å². The minimum atomic E-state index is -0.166. The Hall–Kier alpha value is 0.321. The minimum Gasteiger partial charge on any atom is -0.522 e. The lowest BCUT2D eigenvalue weighted by atomic mass is 11.7. The van der Waals surface area contributed by atoms with Crippen LogP contribution in [0, 0.1) is 0 Å². The predicted molar refractivity (Wildman–Crippen MR) is 33.6 cm³/mol. The molecule has 0 saturated carbocycles. The van der Waals surface area contributed by atoms with E-state index in [1.54, 1.807) is 0 Å². The third-order valence-corrected chi connectivity index (χ3v) is 2.32. The topological polar surface area (TPSA) is 20.2 Å². The summed E-state index contributed by atoms with van der Waals surface area (Å²) < 4.78 is 0. The SMILES string of the molecule is OC=[Si]([SiH3])[SiH3]. The van der Waals surface area contributed by atoms with Crippen LogP contribution < -0.4 is 0 Å². The van der Waals surface area contributed by atoms with Crippen LogP contribution in [0.2, 0.25) is 0 Å². The van der Waals surface area contributed by atoms with E-state index in [9.17, 15) is 0 Å². The number of hydrogen-bond acceptors (Lipinski definition) is 1. The zero-order valence-corrected chi connectivity index (χ0v) is 8.52. The van der Waals surface area contributed by atoms with Gasteiger partial charge < -0.3 is 5.11 Å². The third-order valence-electron chi connectivity index (χ3n) is 0.258. The van der Waals surface area contributed by atoms with Crippen molar-refractivity contribution in [3.8, 4) is 0 Å². The van der Waals surface area contributed by atoms with Crippen molar-refractivity contribution in [1.29, 1.82) is 0 Å². The van der Waals surface area contributed by atoms with Gasteiger partial charge >= 0.3 is 0 Å². The van der Waals surface area contributed by atoms with E-state index in [-0.39, 0.29) is 7.44 Å². The molecule has 1 nitrogen and oxygen atoms in total. The van der Waals surface area contributed by atoms with Crippen LogP contribution in [-0.2, 0) is 0 Å². The molecular formula is CH8OSi3. The van der Waals surface area contributed by atoms with Gasteiger partial charge in [-0.3, -0.25) is 0 Å². The molecule has 0 fully saturated rings. The quantitative estimate of drug-likeness (QED) is 0.336. The molecule has 0 unspecified atom stereocenters. The molecule has 0 aromatic heterocycles. The van der Waals surface area contributed by atoms with E-state index in [1.807, 2.05) is 0 Å². The van der Waals surface area contributed by atoms with Crippen LogP contribution >= 0.6 is 0 Å². The number of hydrogen-bond donors (Lipinski definition) is 1. The molecule has 0 amide bonds. The van der Waals surface area contributed by atoms with E-state index in [2.05, 4.69) is 0 Å². The van der Waals surface area contributed by atoms with E-state index in [1.165, 1.54) is 25.4 Å². The van der Waals surface area contributed by atoms with Crippen molar-refractivity contribution in [1.82, 2.24) is 0 Å². The summed E-state index contributed by atoms with van der Waals surface area (Å²) in [5.41, 5.74) is 0. The molecule has 0 spiro atoms. The third kappa shape index (κ3) is 4.32. The van der Waals surface area contributed by atoms with E-state index in [0.29, 0.717) is 0 Å². The largest absolute Gasteiger partial charge is 0.522 e. The second kappa shape index (κ2) is 2.55. The van der Waals surface area contributed by atoms with Crippen LogP contribution in [-0.4, -0.2) is 37.9 Å². The van der Waals surface area contributed by atoms with Crippen LogP contribution in [0.5, 0.6) is 0 Å². The Morgan fingerprint density at radius 1 is 1.60 bits per heavy atom. The van der Waals surface area contributed by atoms with Crippen molar-refractivity contribution in [2.24, 2.45) is 0 Å². The fraction of sp³-hybridized carbons (Fsp3) is 0. The molecule has 0 bridgehead atoms. The van der Waals surface area contributed by atoms with Gasteiger partial charge in [0.25, 0.3) is 0 Å². The van der Waals surface area contributed by atoms with E-state index >= 15 is 0 Å². The Morgan fingerprint density at radius 2 is 1.80 bits per heavy atom. The van der Waals surface area contributed by atoms with Crippen molar-refractivity contribution >= 4 is 32.8 Å². The Morgan fingerprint density at radius 3 is 1.80 bits per heavy atom. The summed E-state index contributed by atoms with van der Waals surface area (Å²) in [5.74, 6) is 1.39. The zero-order valence-electron chi connectivity index (χ0n) is 3.52. The molecule has 0 radical (unpaired) electrons. The van der Waals surface area contributed by atoms with Gasteiger partial charge in [0.1, 0.15) is 0 Å². The Kier molecular flexibility index (Phi) is 2.72. The van der Waals surface area contributed by atoms with Gasteiger partial charge in [0, 0.05) is 32.8 Å². The van der Waals surface area contributed by atoms with Gasteiger partial charge in [-0.15, -0.1) is 0 Å². The summed E-state index contributed by atoms with van der Waals surface area (Å²) in [6.07, 6.45) is 0. The summed E-state index contributed by atoms with van der Waals surface area (Å²) in [7, 11) is 2.29. The first kappa shape index (κ1) is 5.32. The molecule has 1 N–H and O–H groups in total. The molecule has 0 aliphatic carbocycles. The van der Waals surface area contributed by atoms with E-state index in [0.717, 1.165) is 0 Å². The summed E-state index contributed by atoms with van der Waals surface area (Å²) in [6.45, 7) is 0. The van der Waals surface area contributed by atoms with E-state index in [4.69, 9.17) is 5.11 Å². The molecular weight excluding hydrogens is 112 g/mol. The van der Waals surface area contributed by atoms with Gasteiger partial charge in [-0.1, -0.05) is 0 Å². The molecule has 4 heteroatoms. The van der Waals surface area contributed by atoms with Crippen LogP contribution in [0.1, 0.15) is 0 Å². The van der Waals surface area contributed by atoms with Crippen molar-refractivity contribution < 1.29 is 5.11 Å². The molecule has 30 valence electrons. The standard InChI is InChI=1S/CH8OSi3/c2-1-5(3)4/h1-2H,3-4H3. The van der Waals surface area contributed by atoms with Crippen LogP contribution in [0.3, 0.4) is 0 Å². The number of aliphatic hydroxyl groups excluding tert-OH is 1. The summed E-state index contributed by atoms with van der Waals surface area (Å²) in [5, 5.41) is 8.13. The predicted octanol–water partition coefficient (Wildman–Crippen LogP) is -3.08. The van der Waals surface area contributed by atoms with Crippen molar-refractivity contribution in [2.75, 3.05) is 0 Å². The smallest absolute Gasteiger partial charge is 0.0434 e. The summed E-state index contributed by atoms with van der Waals surface area (Å²) in [6, 6.07) is 0. The first-order chi connectivity index (χ1) is 2.27. The first-order valence-electron chi connectivity index (χ1n) is 1.55. The molecule has 5 heavy (non-hydrogen) atoms. The number of rotatable bonds is 0. The molecule has 0 atom stereocenters. The monoisotopic (exact) mass is 120 g/mol. The van der Waals surface area contributed by atoms with Gasteiger partial charge in [-0.25, -0.2) is 0 Å². The Bertz CT molecular complexity index is 44.9. The molecule has 0 saturated heterocycles. The van der Waals surface area contributed by atoms with Crippen molar-refractivity contribution in [3.05, 3.63) is 0 Å². The normalized spacial score (nSPS) is 8.00. The van der Waals surface area contributed by atoms with E-state index < -0.39 is 0 Å². The summed E-state index contributed by atoms with van der Waals surface area (Å²) >= 11 is 0. The molecule has 0 aromatic carbocycles. The molecule has 0 heterocycles. The Balaban J connectivity index is 3.14. The number of aliphatic hydroxyl groups is 1.